The Morgan fingerprint density at radius 2 is 1.95 bits per heavy atom. The van der Waals surface area contributed by atoms with Crippen LogP contribution in [0, 0.1) is 0 Å². The van der Waals surface area contributed by atoms with Crippen molar-refractivity contribution in [3.05, 3.63) is 58.6 Å². The maximum absolute atomic E-state index is 11.8. The average Bonchev–Trinajstić information content (AvgIpc) is 2.47. The highest BCUT2D eigenvalue weighted by Gasteiger charge is 2.28. The lowest BCUT2D eigenvalue weighted by atomic mass is 9.94. The van der Waals surface area contributed by atoms with Gasteiger partial charge in [-0.15, -0.1) is 0 Å². The zero-order valence-corrected chi connectivity index (χ0v) is 11.8. The van der Waals surface area contributed by atoms with Crippen molar-refractivity contribution >= 4 is 17.5 Å². The number of fused-ring (bicyclic) bond motifs is 2. The van der Waals surface area contributed by atoms with Crippen molar-refractivity contribution in [3.8, 4) is 11.5 Å². The van der Waals surface area contributed by atoms with Gasteiger partial charge in [0.25, 0.3) is 0 Å². The maximum Gasteiger partial charge on any atom is 0.220 e. The summed E-state index contributed by atoms with van der Waals surface area (Å²) in [5.41, 5.74) is 1.84. The quantitative estimate of drug-likeness (QED) is 0.904. The predicted octanol–water partition coefficient (Wildman–Crippen LogP) is 4.06. The number of halogens is 1. The van der Waals surface area contributed by atoms with Gasteiger partial charge in [0.15, 0.2) is 0 Å². The van der Waals surface area contributed by atoms with Crippen LogP contribution in [0.15, 0.2) is 42.5 Å². The van der Waals surface area contributed by atoms with Gasteiger partial charge in [-0.3, -0.25) is 4.79 Å². The highest BCUT2D eigenvalue weighted by atomic mass is 35.5. The van der Waals surface area contributed by atoms with Gasteiger partial charge >= 0.3 is 0 Å². The lowest BCUT2D eigenvalue weighted by molar-refractivity contribution is -0.121. The summed E-state index contributed by atoms with van der Waals surface area (Å²) in [5.74, 6) is 1.50. The van der Waals surface area contributed by atoms with Crippen molar-refractivity contribution in [3.63, 3.8) is 0 Å². The molecule has 0 saturated carbocycles. The van der Waals surface area contributed by atoms with Gasteiger partial charge in [-0.1, -0.05) is 36.7 Å². The molecule has 0 saturated heterocycles. The molecular weight excluding hydrogens is 274 g/mol. The van der Waals surface area contributed by atoms with E-state index in [9.17, 15) is 4.79 Å². The zero-order valence-electron chi connectivity index (χ0n) is 11.0. The number of ether oxygens (including phenoxy) is 1. The van der Waals surface area contributed by atoms with Gasteiger partial charge in [-0.25, -0.2) is 0 Å². The lowest BCUT2D eigenvalue weighted by Crippen LogP contribution is -2.30. The molecule has 20 heavy (non-hydrogen) atoms. The SMILES string of the molecule is CCC(=O)NC1c2ccccc2Oc2ccc(Cl)cc21. The molecule has 0 aliphatic carbocycles. The first-order valence-electron chi connectivity index (χ1n) is 6.54. The van der Waals surface area contributed by atoms with E-state index in [2.05, 4.69) is 5.32 Å². The minimum Gasteiger partial charge on any atom is -0.457 e. The Hall–Kier alpha value is -2.00. The van der Waals surface area contributed by atoms with Crippen LogP contribution >= 0.6 is 11.6 Å². The summed E-state index contributed by atoms with van der Waals surface area (Å²) in [6.45, 7) is 1.83. The molecule has 102 valence electrons. The summed E-state index contributed by atoms with van der Waals surface area (Å²) in [6.07, 6.45) is 0.440. The number of carbonyl (C=O) groups excluding carboxylic acids is 1. The second-order valence-electron chi connectivity index (χ2n) is 4.68. The van der Waals surface area contributed by atoms with Crippen LogP contribution in [0.5, 0.6) is 11.5 Å². The number of para-hydroxylation sites is 1. The van der Waals surface area contributed by atoms with Crippen LogP contribution in [0.25, 0.3) is 0 Å². The van der Waals surface area contributed by atoms with E-state index in [1.807, 2.05) is 43.3 Å². The molecule has 1 aliphatic heterocycles. The molecule has 4 heteroatoms. The smallest absolute Gasteiger partial charge is 0.220 e. The molecule has 1 atom stereocenters. The van der Waals surface area contributed by atoms with Crippen LogP contribution in [0.1, 0.15) is 30.5 Å². The highest BCUT2D eigenvalue weighted by Crippen LogP contribution is 2.43. The van der Waals surface area contributed by atoms with E-state index in [0.29, 0.717) is 11.4 Å². The van der Waals surface area contributed by atoms with Crippen molar-refractivity contribution in [2.45, 2.75) is 19.4 Å². The minimum atomic E-state index is -0.221. The second kappa shape index (κ2) is 5.17. The van der Waals surface area contributed by atoms with Crippen molar-refractivity contribution in [2.24, 2.45) is 0 Å². The topological polar surface area (TPSA) is 38.3 Å². The summed E-state index contributed by atoms with van der Waals surface area (Å²) in [5, 5.41) is 3.66. The number of hydrogen-bond donors (Lipinski definition) is 1. The Bertz CT molecular complexity index is 669. The summed E-state index contributed by atoms with van der Waals surface area (Å²) >= 11 is 6.07. The number of rotatable bonds is 2. The van der Waals surface area contributed by atoms with Gasteiger partial charge < -0.3 is 10.1 Å². The molecule has 1 unspecified atom stereocenters. The highest BCUT2D eigenvalue weighted by molar-refractivity contribution is 6.30. The molecule has 0 radical (unpaired) electrons. The molecule has 2 aromatic carbocycles. The zero-order chi connectivity index (χ0) is 14.1. The van der Waals surface area contributed by atoms with Crippen LogP contribution in [-0.4, -0.2) is 5.91 Å². The Morgan fingerprint density at radius 1 is 1.20 bits per heavy atom. The molecule has 0 spiro atoms. The van der Waals surface area contributed by atoms with Crippen LogP contribution in [0.2, 0.25) is 5.02 Å². The lowest BCUT2D eigenvalue weighted by Gasteiger charge is -2.29. The minimum absolute atomic E-state index is 0.00220. The van der Waals surface area contributed by atoms with Crippen LogP contribution in [0.4, 0.5) is 0 Å². The monoisotopic (exact) mass is 287 g/mol. The first kappa shape index (κ1) is 13.0. The van der Waals surface area contributed by atoms with Gasteiger partial charge in [0.2, 0.25) is 5.91 Å². The van der Waals surface area contributed by atoms with Crippen molar-refractivity contribution in [1.82, 2.24) is 5.32 Å². The van der Waals surface area contributed by atoms with Gasteiger partial charge in [-0.2, -0.15) is 0 Å². The summed E-state index contributed by atoms with van der Waals surface area (Å²) in [6, 6.07) is 12.9. The predicted molar refractivity (Wildman–Crippen MR) is 78.2 cm³/mol. The number of amides is 1. The first-order chi connectivity index (χ1) is 9.69. The van der Waals surface area contributed by atoms with Crippen molar-refractivity contribution in [1.29, 1.82) is 0 Å². The number of benzene rings is 2. The van der Waals surface area contributed by atoms with E-state index in [0.717, 1.165) is 22.6 Å². The number of carbonyl (C=O) groups is 1. The van der Waals surface area contributed by atoms with Gasteiger partial charge in [0, 0.05) is 22.6 Å². The third kappa shape index (κ3) is 2.25. The number of nitrogens with one attached hydrogen (secondary N) is 1. The fourth-order valence-corrected chi connectivity index (χ4v) is 2.53. The first-order valence-corrected chi connectivity index (χ1v) is 6.92. The van der Waals surface area contributed by atoms with Crippen LogP contribution in [0.3, 0.4) is 0 Å². The molecular formula is C16H14ClNO2. The molecule has 0 bridgehead atoms. The second-order valence-corrected chi connectivity index (χ2v) is 5.11. The summed E-state index contributed by atoms with van der Waals surface area (Å²) in [7, 11) is 0. The van der Waals surface area contributed by atoms with E-state index in [4.69, 9.17) is 16.3 Å². The standard InChI is InChI=1S/C16H14ClNO2/c1-2-15(19)18-16-11-5-3-4-6-13(11)20-14-8-7-10(17)9-12(14)16/h3-9,16H,2H2,1H3,(H,18,19). The number of hydrogen-bond acceptors (Lipinski definition) is 2. The molecule has 1 aliphatic rings. The van der Waals surface area contributed by atoms with Gasteiger partial charge in [0.1, 0.15) is 11.5 Å². The third-order valence-electron chi connectivity index (χ3n) is 3.36. The van der Waals surface area contributed by atoms with Crippen LogP contribution < -0.4 is 10.1 Å². The Balaban J connectivity index is 2.11. The van der Waals surface area contributed by atoms with E-state index in [1.165, 1.54) is 0 Å². The van der Waals surface area contributed by atoms with Crippen molar-refractivity contribution in [2.75, 3.05) is 0 Å². The Labute approximate surface area is 122 Å². The molecule has 1 heterocycles. The van der Waals surface area contributed by atoms with Gasteiger partial charge in [0.05, 0.1) is 6.04 Å². The largest absolute Gasteiger partial charge is 0.457 e. The average molecular weight is 288 g/mol. The van der Waals surface area contributed by atoms with E-state index in [1.54, 1.807) is 6.07 Å². The van der Waals surface area contributed by atoms with E-state index >= 15 is 0 Å². The summed E-state index contributed by atoms with van der Waals surface area (Å²) in [4.78, 5) is 11.8. The maximum atomic E-state index is 11.8. The van der Waals surface area contributed by atoms with E-state index in [-0.39, 0.29) is 11.9 Å². The molecule has 3 rings (SSSR count). The fourth-order valence-electron chi connectivity index (χ4n) is 2.35. The van der Waals surface area contributed by atoms with Crippen molar-refractivity contribution < 1.29 is 9.53 Å². The summed E-state index contributed by atoms with van der Waals surface area (Å²) < 4.78 is 5.87. The molecule has 2 aromatic rings. The molecule has 0 aromatic heterocycles. The fraction of sp³-hybridized carbons (Fsp3) is 0.188. The third-order valence-corrected chi connectivity index (χ3v) is 3.59. The Morgan fingerprint density at radius 3 is 2.75 bits per heavy atom. The van der Waals surface area contributed by atoms with Crippen LogP contribution in [-0.2, 0) is 4.79 Å². The Kier molecular flexibility index (Phi) is 3.36. The molecule has 3 nitrogen and oxygen atoms in total. The molecule has 1 amide bonds. The molecule has 0 fully saturated rings. The molecule has 1 N–H and O–H groups in total. The normalized spacial score (nSPS) is 15.8. The van der Waals surface area contributed by atoms with E-state index < -0.39 is 0 Å². The van der Waals surface area contributed by atoms with Gasteiger partial charge in [-0.05, 0) is 24.3 Å².